The van der Waals surface area contributed by atoms with Crippen LogP contribution in [0.15, 0.2) is 83.6 Å². The Bertz CT molecular complexity index is 1380. The van der Waals surface area contributed by atoms with Crippen LogP contribution in [0.5, 0.6) is 0 Å². The minimum Gasteiger partial charge on any atom is -0.466 e. The smallest absolute Gasteiger partial charge is 0.355 e. The van der Waals surface area contributed by atoms with Gasteiger partial charge in [0.05, 0.1) is 37.4 Å². The summed E-state index contributed by atoms with van der Waals surface area (Å²) in [6.45, 7) is 0. The monoisotopic (exact) mass is 470 g/mol. The maximum atomic E-state index is 13.1. The zero-order valence-corrected chi connectivity index (χ0v) is 19.3. The summed E-state index contributed by atoms with van der Waals surface area (Å²) >= 11 is 0. The highest BCUT2D eigenvalue weighted by molar-refractivity contribution is 6.06. The molecule has 0 spiro atoms. The summed E-state index contributed by atoms with van der Waals surface area (Å²) in [7, 11) is 4.23. The van der Waals surface area contributed by atoms with Gasteiger partial charge in [0.15, 0.2) is 5.82 Å². The fourth-order valence-corrected chi connectivity index (χ4v) is 4.09. The molecule has 176 valence electrons. The molecule has 0 amide bonds. The number of allylic oxidation sites excluding steroid dienone is 1. The molecule has 35 heavy (non-hydrogen) atoms. The maximum Gasteiger partial charge on any atom is 0.355 e. The number of hydrogen-bond acceptors (Lipinski definition) is 9. The summed E-state index contributed by atoms with van der Waals surface area (Å²) in [4.78, 5) is 27.5. The van der Waals surface area contributed by atoms with E-state index in [1.807, 2.05) is 7.05 Å². The Morgan fingerprint density at radius 1 is 1.03 bits per heavy atom. The molecular weight excluding hydrogens is 448 g/mol. The van der Waals surface area contributed by atoms with Crippen molar-refractivity contribution in [1.82, 2.24) is 14.8 Å². The van der Waals surface area contributed by atoms with Gasteiger partial charge in [-0.15, -0.1) is 10.2 Å². The van der Waals surface area contributed by atoms with E-state index in [1.165, 1.54) is 19.1 Å². The van der Waals surface area contributed by atoms with E-state index in [9.17, 15) is 14.9 Å². The molecule has 0 aliphatic carbocycles. The maximum absolute atomic E-state index is 13.1. The van der Waals surface area contributed by atoms with Crippen molar-refractivity contribution >= 4 is 17.6 Å². The van der Waals surface area contributed by atoms with Gasteiger partial charge in [0.25, 0.3) is 0 Å². The third kappa shape index (κ3) is 4.00. The molecule has 3 aromatic rings. The van der Waals surface area contributed by atoms with Gasteiger partial charge >= 0.3 is 11.9 Å². The van der Waals surface area contributed by atoms with Crippen LogP contribution in [0.1, 0.15) is 11.5 Å². The van der Waals surface area contributed by atoms with Crippen LogP contribution < -0.4 is 10.6 Å². The summed E-state index contributed by atoms with van der Waals surface area (Å²) in [5.41, 5.74) is 8.24. The van der Waals surface area contributed by atoms with Crippen molar-refractivity contribution < 1.29 is 19.1 Å². The fraction of sp³-hybridized carbons (Fsp3) is 0.160. The Balaban J connectivity index is 1.96. The third-order valence-electron chi connectivity index (χ3n) is 5.71. The van der Waals surface area contributed by atoms with Gasteiger partial charge in [-0.05, 0) is 29.8 Å². The lowest BCUT2D eigenvalue weighted by Gasteiger charge is -2.35. The second kappa shape index (κ2) is 9.52. The van der Waals surface area contributed by atoms with E-state index in [-0.39, 0.29) is 22.7 Å². The van der Waals surface area contributed by atoms with Crippen LogP contribution in [0, 0.1) is 11.3 Å². The molecule has 10 nitrogen and oxygen atoms in total. The Morgan fingerprint density at radius 2 is 1.69 bits per heavy atom. The highest BCUT2D eigenvalue weighted by Gasteiger charge is 2.42. The average Bonchev–Trinajstić information content (AvgIpc) is 3.33. The second-order valence-corrected chi connectivity index (χ2v) is 7.65. The van der Waals surface area contributed by atoms with Crippen molar-refractivity contribution in [2.24, 2.45) is 12.8 Å². The summed E-state index contributed by atoms with van der Waals surface area (Å²) in [5, 5.41) is 18.1. The van der Waals surface area contributed by atoms with Gasteiger partial charge in [0, 0.05) is 18.3 Å². The number of esters is 2. The molecule has 1 aliphatic heterocycles. The highest BCUT2D eigenvalue weighted by atomic mass is 16.5. The summed E-state index contributed by atoms with van der Waals surface area (Å²) in [6, 6.07) is 17.9. The molecule has 2 heterocycles. The minimum absolute atomic E-state index is 0.000754. The predicted molar refractivity (Wildman–Crippen MR) is 126 cm³/mol. The van der Waals surface area contributed by atoms with Crippen molar-refractivity contribution in [1.29, 1.82) is 5.26 Å². The van der Waals surface area contributed by atoms with Gasteiger partial charge in [-0.1, -0.05) is 30.3 Å². The molecule has 0 saturated heterocycles. The molecule has 1 atom stereocenters. The molecule has 2 N–H and O–H groups in total. The first-order valence-corrected chi connectivity index (χ1v) is 10.5. The number of nitrogens with zero attached hydrogens (tertiary/aromatic N) is 5. The van der Waals surface area contributed by atoms with E-state index in [0.29, 0.717) is 17.1 Å². The van der Waals surface area contributed by atoms with Gasteiger partial charge in [-0.25, -0.2) is 9.59 Å². The van der Waals surface area contributed by atoms with Gasteiger partial charge in [0.2, 0.25) is 0 Å². The lowest BCUT2D eigenvalue weighted by atomic mass is 9.81. The van der Waals surface area contributed by atoms with Crippen LogP contribution in [0.2, 0.25) is 0 Å². The number of rotatable bonds is 5. The van der Waals surface area contributed by atoms with Crippen molar-refractivity contribution in [3.8, 4) is 17.5 Å². The van der Waals surface area contributed by atoms with Crippen molar-refractivity contribution in [3.05, 3.63) is 89.2 Å². The van der Waals surface area contributed by atoms with Crippen LogP contribution >= 0.6 is 0 Å². The molecule has 10 heteroatoms. The first-order valence-electron chi connectivity index (χ1n) is 10.5. The average molecular weight is 470 g/mol. The van der Waals surface area contributed by atoms with E-state index in [1.54, 1.807) is 65.5 Å². The topological polar surface area (TPSA) is 136 Å². The fourth-order valence-electron chi connectivity index (χ4n) is 4.09. The van der Waals surface area contributed by atoms with Crippen LogP contribution in [0.4, 0.5) is 5.69 Å². The number of ether oxygens (including phenoxy) is 2. The van der Waals surface area contributed by atoms with Crippen LogP contribution in [0.3, 0.4) is 0 Å². The Labute approximate surface area is 201 Å². The standard InChI is InChI=1S/C25H22N6O4/c1-30-14-28-29-23(30)16-9-11-17(12-10-16)31-21(25(33)35-3)20(24(32)34-2)19(18(13-26)22(31)27)15-7-5-4-6-8-15/h4-12,14,19H,27H2,1-3H3. The van der Waals surface area contributed by atoms with E-state index in [2.05, 4.69) is 16.3 Å². The van der Waals surface area contributed by atoms with Gasteiger partial charge < -0.3 is 19.8 Å². The molecule has 1 aliphatic rings. The molecule has 0 bridgehead atoms. The summed E-state index contributed by atoms with van der Waals surface area (Å²) in [6.07, 6.45) is 1.58. The van der Waals surface area contributed by atoms with Crippen molar-refractivity contribution in [2.45, 2.75) is 5.92 Å². The zero-order valence-electron chi connectivity index (χ0n) is 19.3. The summed E-state index contributed by atoms with van der Waals surface area (Å²) < 4.78 is 11.8. The van der Waals surface area contributed by atoms with Crippen LogP contribution in [-0.4, -0.2) is 40.9 Å². The molecule has 0 radical (unpaired) electrons. The van der Waals surface area contributed by atoms with Crippen LogP contribution in [-0.2, 0) is 26.1 Å². The minimum atomic E-state index is -0.920. The molecule has 1 aromatic heterocycles. The molecular formula is C25H22N6O4. The van der Waals surface area contributed by atoms with Crippen molar-refractivity contribution in [3.63, 3.8) is 0 Å². The number of hydrogen-bond donors (Lipinski definition) is 1. The highest BCUT2D eigenvalue weighted by Crippen LogP contribution is 2.43. The molecule has 4 rings (SSSR count). The number of anilines is 1. The third-order valence-corrected chi connectivity index (χ3v) is 5.71. The van der Waals surface area contributed by atoms with Gasteiger partial charge in [0.1, 0.15) is 17.8 Å². The lowest BCUT2D eigenvalue weighted by molar-refractivity contribution is -0.139. The Morgan fingerprint density at radius 3 is 2.23 bits per heavy atom. The number of nitriles is 1. The normalized spacial score (nSPS) is 15.6. The first-order chi connectivity index (χ1) is 16.9. The van der Waals surface area contributed by atoms with Gasteiger partial charge in [-0.2, -0.15) is 5.26 Å². The lowest BCUT2D eigenvalue weighted by Crippen LogP contribution is -2.40. The molecule has 0 saturated carbocycles. The van der Waals surface area contributed by atoms with E-state index >= 15 is 0 Å². The number of carbonyl (C=O) groups is 2. The van der Waals surface area contributed by atoms with Crippen molar-refractivity contribution in [2.75, 3.05) is 19.1 Å². The number of aromatic nitrogens is 3. The Kier molecular flexibility index (Phi) is 6.33. The number of carbonyl (C=O) groups excluding carboxylic acids is 2. The van der Waals surface area contributed by atoms with Crippen LogP contribution in [0.25, 0.3) is 11.4 Å². The first kappa shape index (κ1) is 23.3. The zero-order chi connectivity index (χ0) is 25.1. The van der Waals surface area contributed by atoms with E-state index < -0.39 is 17.9 Å². The van der Waals surface area contributed by atoms with E-state index in [0.717, 1.165) is 5.56 Å². The van der Waals surface area contributed by atoms with E-state index in [4.69, 9.17) is 15.2 Å². The Hall–Kier alpha value is -4.91. The van der Waals surface area contributed by atoms with Gasteiger partial charge in [-0.3, -0.25) is 4.90 Å². The predicted octanol–water partition coefficient (Wildman–Crippen LogP) is 2.38. The SMILES string of the molecule is COC(=O)C1=C(C(=O)OC)N(c2ccc(-c3nncn3C)cc2)C(N)=C(C#N)C1c1ccccc1. The molecule has 1 unspecified atom stereocenters. The molecule has 2 aromatic carbocycles. The second-order valence-electron chi connectivity index (χ2n) is 7.65. The number of aryl methyl sites for hydroxylation is 1. The molecule has 0 fully saturated rings. The quantitative estimate of drug-likeness (QED) is 0.557. The largest absolute Gasteiger partial charge is 0.466 e. The number of methoxy groups -OCH3 is 2. The number of benzene rings is 2. The summed E-state index contributed by atoms with van der Waals surface area (Å²) in [5.74, 6) is -1.86. The number of nitrogens with two attached hydrogens (primary N) is 1.